The first-order valence-corrected chi connectivity index (χ1v) is 9.45. The summed E-state index contributed by atoms with van der Waals surface area (Å²) in [5.41, 5.74) is 2.02. The van der Waals surface area contributed by atoms with Gasteiger partial charge < -0.3 is 15.6 Å². The molecule has 1 aliphatic rings. The van der Waals surface area contributed by atoms with Gasteiger partial charge in [-0.2, -0.15) is 0 Å². The molecule has 3 N–H and O–H groups in total. The maximum Gasteiger partial charge on any atom is 0.272 e. The zero-order valence-corrected chi connectivity index (χ0v) is 16.1. The molecule has 7 heteroatoms. The van der Waals surface area contributed by atoms with Crippen molar-refractivity contribution in [2.24, 2.45) is 5.92 Å². The lowest BCUT2D eigenvalue weighted by molar-refractivity contribution is -0.119. The summed E-state index contributed by atoms with van der Waals surface area (Å²) in [5.74, 6) is -2.15. The van der Waals surface area contributed by atoms with E-state index in [2.05, 4.69) is 29.5 Å². The van der Waals surface area contributed by atoms with Crippen molar-refractivity contribution in [1.82, 2.24) is 10.3 Å². The minimum Gasteiger partial charge on any atom is -0.355 e. The van der Waals surface area contributed by atoms with E-state index in [0.29, 0.717) is 18.7 Å². The van der Waals surface area contributed by atoms with Crippen LogP contribution in [0.1, 0.15) is 36.3 Å². The zero-order chi connectivity index (χ0) is 20.8. The second-order valence-corrected chi connectivity index (χ2v) is 7.83. The summed E-state index contributed by atoms with van der Waals surface area (Å²) < 4.78 is 26.4. The summed E-state index contributed by atoms with van der Waals surface area (Å²) in [6.07, 6.45) is 0.435. The Balaban J connectivity index is 1.63. The summed E-state index contributed by atoms with van der Waals surface area (Å²) >= 11 is 0. The molecule has 1 saturated heterocycles. The number of nitrogens with one attached hydrogen (secondary N) is 3. The number of hydrogen-bond acceptors (Lipinski definition) is 2. The third-order valence-corrected chi connectivity index (χ3v) is 5.80. The smallest absolute Gasteiger partial charge is 0.272 e. The van der Waals surface area contributed by atoms with Crippen LogP contribution in [-0.4, -0.2) is 23.3 Å². The fourth-order valence-corrected chi connectivity index (χ4v) is 3.95. The van der Waals surface area contributed by atoms with E-state index >= 15 is 0 Å². The lowest BCUT2D eigenvalue weighted by Gasteiger charge is -2.32. The van der Waals surface area contributed by atoms with Gasteiger partial charge in [0.15, 0.2) is 11.6 Å². The van der Waals surface area contributed by atoms with Crippen LogP contribution in [0, 0.1) is 17.6 Å². The molecule has 1 fully saturated rings. The first kappa shape index (κ1) is 19.1. The molecule has 3 aromatic rings. The summed E-state index contributed by atoms with van der Waals surface area (Å²) in [5, 5.41) is 6.33. The van der Waals surface area contributed by atoms with Gasteiger partial charge in [0.25, 0.3) is 5.91 Å². The van der Waals surface area contributed by atoms with Crippen molar-refractivity contribution in [3.05, 3.63) is 65.4 Å². The number of rotatable bonds is 4. The molecule has 0 saturated carbocycles. The number of fused-ring (bicyclic) bond motifs is 1. The van der Waals surface area contributed by atoms with Crippen LogP contribution in [0.4, 0.5) is 14.5 Å². The molecule has 1 atom stereocenters. The number of amides is 2. The van der Waals surface area contributed by atoms with Crippen LogP contribution < -0.4 is 10.6 Å². The average molecular weight is 397 g/mol. The molecule has 0 bridgehead atoms. The number of aromatic nitrogens is 1. The molecular weight excluding hydrogens is 376 g/mol. The number of hydrogen-bond donors (Lipinski definition) is 3. The lowest BCUT2D eigenvalue weighted by atomic mass is 9.71. The number of aromatic amines is 1. The standard InChI is InChI=1S/C22H21F2N3O2/c1-12(2)22(10-20(28)25-11-22)14-3-6-18-13(7-14)8-19(27-18)21(29)26-15-4-5-16(23)17(24)9-15/h3-9,12,27H,10-11H2,1-2H3,(H,25,28)(H,26,29). The molecule has 2 aromatic carbocycles. The molecule has 2 heterocycles. The van der Waals surface area contributed by atoms with Crippen molar-refractivity contribution in [3.63, 3.8) is 0 Å². The number of H-pyrrole nitrogens is 1. The molecule has 5 nitrogen and oxygen atoms in total. The highest BCUT2D eigenvalue weighted by atomic mass is 19.2. The zero-order valence-electron chi connectivity index (χ0n) is 16.1. The minimum atomic E-state index is -1.03. The van der Waals surface area contributed by atoms with E-state index < -0.39 is 17.5 Å². The van der Waals surface area contributed by atoms with Crippen molar-refractivity contribution in [2.75, 3.05) is 11.9 Å². The molecular formula is C22H21F2N3O2. The normalized spacial score (nSPS) is 19.0. The number of halogens is 2. The van der Waals surface area contributed by atoms with Gasteiger partial charge in [0.2, 0.25) is 5.91 Å². The van der Waals surface area contributed by atoms with Gasteiger partial charge in [-0.1, -0.05) is 19.9 Å². The fourth-order valence-electron chi connectivity index (χ4n) is 3.95. The molecule has 0 radical (unpaired) electrons. The number of benzene rings is 2. The molecule has 1 aliphatic heterocycles. The van der Waals surface area contributed by atoms with Crippen LogP contribution in [0.2, 0.25) is 0 Å². The summed E-state index contributed by atoms with van der Waals surface area (Å²) in [6.45, 7) is 4.79. The van der Waals surface area contributed by atoms with Crippen LogP contribution in [0.15, 0.2) is 42.5 Å². The van der Waals surface area contributed by atoms with Gasteiger partial charge >= 0.3 is 0 Å². The summed E-state index contributed by atoms with van der Waals surface area (Å²) in [7, 11) is 0. The molecule has 4 rings (SSSR count). The second-order valence-electron chi connectivity index (χ2n) is 7.83. The van der Waals surface area contributed by atoms with Crippen LogP contribution >= 0.6 is 0 Å². The van der Waals surface area contributed by atoms with Gasteiger partial charge in [0, 0.05) is 41.0 Å². The molecule has 1 aromatic heterocycles. The minimum absolute atomic E-state index is 0.0412. The predicted molar refractivity (Wildman–Crippen MR) is 107 cm³/mol. The fraction of sp³-hybridized carbons (Fsp3) is 0.273. The Morgan fingerprint density at radius 1 is 1.10 bits per heavy atom. The van der Waals surface area contributed by atoms with E-state index in [0.717, 1.165) is 28.6 Å². The Bertz CT molecular complexity index is 1120. The monoisotopic (exact) mass is 397 g/mol. The third kappa shape index (κ3) is 3.37. The van der Waals surface area contributed by atoms with E-state index in [9.17, 15) is 18.4 Å². The Labute approximate surface area is 166 Å². The largest absolute Gasteiger partial charge is 0.355 e. The number of carbonyl (C=O) groups is 2. The predicted octanol–water partition coefficient (Wildman–Crippen LogP) is 4.11. The van der Waals surface area contributed by atoms with Crippen molar-refractivity contribution in [3.8, 4) is 0 Å². The first-order valence-electron chi connectivity index (χ1n) is 9.45. The highest BCUT2D eigenvalue weighted by Gasteiger charge is 2.42. The SMILES string of the molecule is CC(C)C1(c2ccc3[nH]c(C(=O)Nc4ccc(F)c(F)c4)cc3c2)CNC(=O)C1. The average Bonchev–Trinajstić information content (AvgIpc) is 3.28. The van der Waals surface area contributed by atoms with Crippen molar-refractivity contribution >= 4 is 28.4 Å². The van der Waals surface area contributed by atoms with Crippen LogP contribution in [-0.2, 0) is 10.2 Å². The molecule has 29 heavy (non-hydrogen) atoms. The van der Waals surface area contributed by atoms with Crippen LogP contribution in [0.25, 0.3) is 10.9 Å². The van der Waals surface area contributed by atoms with Gasteiger partial charge in [-0.3, -0.25) is 9.59 Å². The summed E-state index contributed by atoms with van der Waals surface area (Å²) in [4.78, 5) is 27.5. The maximum absolute atomic E-state index is 13.4. The first-order chi connectivity index (χ1) is 13.8. The van der Waals surface area contributed by atoms with E-state index in [1.165, 1.54) is 6.07 Å². The number of carbonyl (C=O) groups excluding carboxylic acids is 2. The third-order valence-electron chi connectivity index (χ3n) is 5.80. The molecule has 2 amide bonds. The van der Waals surface area contributed by atoms with Crippen molar-refractivity contribution in [2.45, 2.75) is 25.7 Å². The van der Waals surface area contributed by atoms with E-state index in [4.69, 9.17) is 0 Å². The van der Waals surface area contributed by atoms with Gasteiger partial charge in [-0.05, 0) is 41.8 Å². The van der Waals surface area contributed by atoms with Crippen LogP contribution in [0.3, 0.4) is 0 Å². The maximum atomic E-state index is 13.4. The van der Waals surface area contributed by atoms with Gasteiger partial charge in [-0.25, -0.2) is 8.78 Å². The van der Waals surface area contributed by atoms with Crippen molar-refractivity contribution in [1.29, 1.82) is 0 Å². The topological polar surface area (TPSA) is 74.0 Å². The quantitative estimate of drug-likeness (QED) is 0.620. The van der Waals surface area contributed by atoms with Gasteiger partial charge in [-0.15, -0.1) is 0 Å². The van der Waals surface area contributed by atoms with E-state index in [1.54, 1.807) is 6.07 Å². The Morgan fingerprint density at radius 3 is 2.55 bits per heavy atom. The molecule has 150 valence electrons. The highest BCUT2D eigenvalue weighted by Crippen LogP contribution is 2.39. The molecule has 1 unspecified atom stereocenters. The number of anilines is 1. The van der Waals surface area contributed by atoms with E-state index in [1.807, 2.05) is 18.2 Å². The molecule has 0 aliphatic carbocycles. The Kier molecular flexibility index (Phi) is 4.61. The van der Waals surface area contributed by atoms with Crippen LogP contribution in [0.5, 0.6) is 0 Å². The van der Waals surface area contributed by atoms with E-state index in [-0.39, 0.29) is 22.9 Å². The van der Waals surface area contributed by atoms with Gasteiger partial charge in [0.1, 0.15) is 5.69 Å². The Morgan fingerprint density at radius 2 is 1.90 bits per heavy atom. The Hall–Kier alpha value is -3.22. The van der Waals surface area contributed by atoms with Crippen molar-refractivity contribution < 1.29 is 18.4 Å². The highest BCUT2D eigenvalue weighted by molar-refractivity contribution is 6.06. The molecule has 0 spiro atoms. The second kappa shape index (κ2) is 6.99. The summed E-state index contributed by atoms with van der Waals surface area (Å²) in [6, 6.07) is 10.8. The lowest BCUT2D eigenvalue weighted by Crippen LogP contribution is -2.34. The van der Waals surface area contributed by atoms with Gasteiger partial charge in [0.05, 0.1) is 0 Å².